The van der Waals surface area contributed by atoms with Crippen LogP contribution in [0.15, 0.2) is 52.2 Å². The topological polar surface area (TPSA) is 117 Å². The Hall–Kier alpha value is -4.12. The van der Waals surface area contributed by atoms with Gasteiger partial charge in [0.2, 0.25) is 5.91 Å². The minimum atomic E-state index is -0.753. The van der Waals surface area contributed by atoms with Crippen molar-refractivity contribution < 1.29 is 18.7 Å². The molecular weight excluding hydrogens is 529 g/mol. The van der Waals surface area contributed by atoms with Gasteiger partial charge in [-0.15, -0.1) is 0 Å². The average molecular weight is 556 g/mol. The molecule has 3 aromatic rings. The van der Waals surface area contributed by atoms with Gasteiger partial charge in [-0.25, -0.2) is 14.0 Å². The SMILES string of the molecule is COc1ccc2c(c1)CCN(C1CCN(C(=O)Cn3cc(-c4cccc(F)c4Cl)c(=O)[nH]c3=O)CC1)C(=O)N2. The van der Waals surface area contributed by atoms with Gasteiger partial charge in [-0.1, -0.05) is 23.7 Å². The Morgan fingerprint density at radius 3 is 2.62 bits per heavy atom. The van der Waals surface area contributed by atoms with Gasteiger partial charge in [0.25, 0.3) is 5.56 Å². The molecule has 2 aliphatic rings. The molecule has 0 saturated carbocycles. The fourth-order valence-electron chi connectivity index (χ4n) is 5.11. The maximum Gasteiger partial charge on any atom is 0.328 e. The van der Waals surface area contributed by atoms with E-state index >= 15 is 0 Å². The van der Waals surface area contributed by atoms with Crippen molar-refractivity contribution in [2.75, 3.05) is 32.1 Å². The highest BCUT2D eigenvalue weighted by Gasteiger charge is 2.31. The van der Waals surface area contributed by atoms with Crippen molar-refractivity contribution >= 4 is 29.2 Å². The van der Waals surface area contributed by atoms with E-state index in [2.05, 4.69) is 10.3 Å². The summed E-state index contributed by atoms with van der Waals surface area (Å²) in [5, 5.41) is 2.73. The number of methoxy groups -OCH3 is 1. The van der Waals surface area contributed by atoms with Crippen molar-refractivity contribution in [3.63, 3.8) is 0 Å². The molecule has 39 heavy (non-hydrogen) atoms. The molecule has 0 atom stereocenters. The number of halogens is 2. The normalized spacial score (nSPS) is 15.9. The maximum absolute atomic E-state index is 13.9. The van der Waals surface area contributed by atoms with Gasteiger partial charge in [0.05, 0.1) is 17.7 Å². The van der Waals surface area contributed by atoms with Gasteiger partial charge in [0.15, 0.2) is 0 Å². The highest BCUT2D eigenvalue weighted by atomic mass is 35.5. The molecule has 2 aliphatic heterocycles. The predicted molar refractivity (Wildman–Crippen MR) is 144 cm³/mol. The number of aromatic nitrogens is 2. The van der Waals surface area contributed by atoms with Crippen LogP contribution in [0.4, 0.5) is 14.9 Å². The van der Waals surface area contributed by atoms with Crippen molar-refractivity contribution in [2.45, 2.75) is 31.8 Å². The number of anilines is 1. The molecular formula is C27H27ClFN5O5. The van der Waals surface area contributed by atoms with Gasteiger partial charge >= 0.3 is 11.7 Å². The molecule has 5 rings (SSSR count). The van der Waals surface area contributed by atoms with Gasteiger partial charge in [0, 0.05) is 43.1 Å². The summed E-state index contributed by atoms with van der Waals surface area (Å²) in [5.41, 5.74) is 0.391. The number of carbonyl (C=O) groups is 2. The van der Waals surface area contributed by atoms with E-state index in [-0.39, 0.29) is 40.7 Å². The zero-order valence-electron chi connectivity index (χ0n) is 21.2. The van der Waals surface area contributed by atoms with E-state index in [1.165, 1.54) is 18.3 Å². The maximum atomic E-state index is 13.9. The zero-order chi connectivity index (χ0) is 27.7. The number of likely N-dealkylation sites (tertiary alicyclic amines) is 1. The van der Waals surface area contributed by atoms with E-state index in [1.807, 2.05) is 23.1 Å². The Labute approximate surface area is 227 Å². The van der Waals surface area contributed by atoms with Crippen LogP contribution in [0.2, 0.25) is 5.02 Å². The van der Waals surface area contributed by atoms with Crippen molar-refractivity contribution in [3.8, 4) is 16.9 Å². The number of hydrogen-bond acceptors (Lipinski definition) is 5. The summed E-state index contributed by atoms with van der Waals surface area (Å²) < 4.78 is 20.3. The number of aromatic amines is 1. The summed E-state index contributed by atoms with van der Waals surface area (Å²) >= 11 is 6.03. The van der Waals surface area contributed by atoms with Crippen molar-refractivity contribution in [1.29, 1.82) is 0 Å². The van der Waals surface area contributed by atoms with Gasteiger partial charge in [-0.3, -0.25) is 19.1 Å². The number of carbonyl (C=O) groups excluding carboxylic acids is 2. The summed E-state index contributed by atoms with van der Waals surface area (Å²) in [6.45, 7) is 1.06. The minimum Gasteiger partial charge on any atom is -0.497 e. The van der Waals surface area contributed by atoms with Crippen LogP contribution in [0.3, 0.4) is 0 Å². The lowest BCUT2D eigenvalue weighted by Gasteiger charge is -2.38. The molecule has 3 amide bonds. The molecule has 0 bridgehead atoms. The number of hydrogen-bond donors (Lipinski definition) is 2. The molecule has 0 spiro atoms. The Bertz CT molecular complexity index is 1550. The Morgan fingerprint density at radius 2 is 1.87 bits per heavy atom. The second-order valence-corrected chi connectivity index (χ2v) is 9.92. The van der Waals surface area contributed by atoms with Crippen LogP contribution in [0.1, 0.15) is 18.4 Å². The summed E-state index contributed by atoms with van der Waals surface area (Å²) in [7, 11) is 1.60. The number of ether oxygens (including phenoxy) is 1. The third-order valence-electron chi connectivity index (χ3n) is 7.25. The summed E-state index contributed by atoms with van der Waals surface area (Å²) in [6, 6.07) is 9.38. The number of rotatable bonds is 5. The van der Waals surface area contributed by atoms with Crippen LogP contribution in [0, 0.1) is 5.82 Å². The third kappa shape index (κ3) is 5.40. The number of fused-ring (bicyclic) bond motifs is 1. The molecule has 1 fully saturated rings. The van der Waals surface area contributed by atoms with Gasteiger partial charge in [-0.2, -0.15) is 0 Å². The number of nitrogens with one attached hydrogen (secondary N) is 2. The van der Waals surface area contributed by atoms with Crippen molar-refractivity contribution in [2.24, 2.45) is 0 Å². The largest absolute Gasteiger partial charge is 0.497 e. The quantitative estimate of drug-likeness (QED) is 0.502. The number of piperidine rings is 1. The lowest BCUT2D eigenvalue weighted by Crippen LogP contribution is -2.50. The van der Waals surface area contributed by atoms with Crippen LogP contribution in [0.25, 0.3) is 11.1 Å². The molecule has 2 aromatic carbocycles. The first-order valence-electron chi connectivity index (χ1n) is 12.6. The van der Waals surface area contributed by atoms with E-state index < -0.39 is 17.1 Å². The fraction of sp³-hybridized carbons (Fsp3) is 0.333. The summed E-state index contributed by atoms with van der Waals surface area (Å²) in [4.78, 5) is 56.5. The Kier molecular flexibility index (Phi) is 7.42. The first-order chi connectivity index (χ1) is 18.7. The van der Waals surface area contributed by atoms with Crippen molar-refractivity contribution in [3.05, 3.63) is 79.8 Å². The molecule has 12 heteroatoms. The molecule has 0 aliphatic carbocycles. The van der Waals surface area contributed by atoms with Gasteiger partial charge in [-0.05, 0) is 49.1 Å². The molecule has 1 saturated heterocycles. The molecule has 10 nitrogen and oxygen atoms in total. The highest BCUT2D eigenvalue weighted by molar-refractivity contribution is 6.33. The molecule has 3 heterocycles. The van der Waals surface area contributed by atoms with E-state index in [0.29, 0.717) is 38.9 Å². The number of H-pyrrole nitrogens is 1. The summed E-state index contributed by atoms with van der Waals surface area (Å²) in [5.74, 6) is -0.276. The lowest BCUT2D eigenvalue weighted by molar-refractivity contribution is -0.133. The Morgan fingerprint density at radius 1 is 1.10 bits per heavy atom. The molecule has 1 aromatic heterocycles. The zero-order valence-corrected chi connectivity index (χ0v) is 22.0. The van der Waals surface area contributed by atoms with Crippen LogP contribution in [0.5, 0.6) is 5.75 Å². The molecule has 0 unspecified atom stereocenters. The standard InChI is InChI=1S/C27H27ClFN5O5/c1-39-18-5-6-22-16(13-18)7-12-34(27(38)30-22)17-8-10-32(11-9-17)23(35)15-33-14-20(25(36)31-26(33)37)19-3-2-4-21(29)24(19)28/h2-6,13-14,17H,7-12,15H2,1H3,(H,30,38)(H,31,36,37). The van der Waals surface area contributed by atoms with Crippen LogP contribution in [-0.2, 0) is 17.8 Å². The van der Waals surface area contributed by atoms with Gasteiger partial charge < -0.3 is 19.9 Å². The predicted octanol–water partition coefficient (Wildman–Crippen LogP) is 3.09. The highest BCUT2D eigenvalue weighted by Crippen LogP contribution is 2.29. The van der Waals surface area contributed by atoms with Crippen molar-refractivity contribution in [1.82, 2.24) is 19.4 Å². The lowest BCUT2D eigenvalue weighted by atomic mass is 10.0. The second-order valence-electron chi connectivity index (χ2n) is 9.54. The smallest absolute Gasteiger partial charge is 0.328 e. The van der Waals surface area contributed by atoms with Crippen LogP contribution >= 0.6 is 11.6 Å². The molecule has 204 valence electrons. The van der Waals surface area contributed by atoms with Crippen LogP contribution in [-0.4, -0.2) is 64.1 Å². The minimum absolute atomic E-state index is 0.0172. The third-order valence-corrected chi connectivity index (χ3v) is 7.64. The van der Waals surface area contributed by atoms with E-state index in [1.54, 1.807) is 12.0 Å². The number of nitrogens with zero attached hydrogens (tertiary/aromatic N) is 3. The second kappa shape index (κ2) is 10.9. The number of benzene rings is 2. The fourth-order valence-corrected chi connectivity index (χ4v) is 5.33. The van der Waals surface area contributed by atoms with E-state index in [0.717, 1.165) is 27.6 Å². The average Bonchev–Trinajstić information content (AvgIpc) is 3.09. The van der Waals surface area contributed by atoms with Gasteiger partial charge in [0.1, 0.15) is 18.1 Å². The van der Waals surface area contributed by atoms with E-state index in [9.17, 15) is 23.6 Å². The van der Waals surface area contributed by atoms with Crippen LogP contribution < -0.4 is 21.3 Å². The first-order valence-corrected chi connectivity index (χ1v) is 12.9. The number of urea groups is 1. The monoisotopic (exact) mass is 555 g/mol. The van der Waals surface area contributed by atoms with E-state index in [4.69, 9.17) is 16.3 Å². The summed E-state index contributed by atoms with van der Waals surface area (Å²) in [6.07, 6.45) is 3.07. The number of amides is 3. The first kappa shape index (κ1) is 26.5. The molecule has 2 N–H and O–H groups in total. The molecule has 0 radical (unpaired) electrons. The Balaban J connectivity index is 1.24.